The molecular weight excluding hydrogens is 250 g/mol. The van der Waals surface area contributed by atoms with E-state index in [0.717, 1.165) is 0 Å². The van der Waals surface area contributed by atoms with E-state index < -0.39 is 0 Å². The summed E-state index contributed by atoms with van der Waals surface area (Å²) in [5.41, 5.74) is 1.10. The van der Waals surface area contributed by atoms with Crippen LogP contribution in [0.15, 0.2) is 24.3 Å². The van der Waals surface area contributed by atoms with Crippen LogP contribution >= 0.6 is 0 Å². The van der Waals surface area contributed by atoms with Crippen molar-refractivity contribution in [3.63, 3.8) is 0 Å². The monoisotopic (exact) mass is 266 g/mol. The van der Waals surface area contributed by atoms with Crippen LogP contribution in [0.2, 0.25) is 0 Å². The van der Waals surface area contributed by atoms with E-state index in [1.807, 2.05) is 6.07 Å². The fraction of sp³-hybridized carbons (Fsp3) is 0.385. The molecule has 0 bridgehead atoms. The minimum atomic E-state index is -0.277. The van der Waals surface area contributed by atoms with Gasteiger partial charge in [0.2, 0.25) is 5.78 Å². The normalized spacial score (nSPS) is 10.3. The summed E-state index contributed by atoms with van der Waals surface area (Å²) in [7, 11) is -0.277. The zero-order valence-corrected chi connectivity index (χ0v) is 10.8. The van der Waals surface area contributed by atoms with Gasteiger partial charge >= 0.3 is 0 Å². The molecule has 5 heteroatoms. The first-order valence-corrected chi connectivity index (χ1v) is 7.33. The van der Waals surface area contributed by atoms with E-state index in [0.29, 0.717) is 28.4 Å². The molecule has 0 heterocycles. The number of hydrogen-bond donors (Lipinski definition) is 2. The zero-order chi connectivity index (χ0) is 13.4. The van der Waals surface area contributed by atoms with E-state index in [2.05, 4.69) is 0 Å². The number of aliphatic hydroxyl groups is 2. The summed E-state index contributed by atoms with van der Waals surface area (Å²) < 4.78 is 0. The summed E-state index contributed by atoms with van der Waals surface area (Å²) in [5, 5.41) is 26.4. The van der Waals surface area contributed by atoms with Crippen molar-refractivity contribution < 1.29 is 15.0 Å². The van der Waals surface area contributed by atoms with E-state index in [1.165, 1.54) is 0 Å². The van der Waals surface area contributed by atoms with Crippen molar-refractivity contribution in [2.24, 2.45) is 0 Å². The molecule has 1 aromatic carbocycles. The van der Waals surface area contributed by atoms with Crippen molar-refractivity contribution in [3.8, 4) is 6.07 Å². The van der Waals surface area contributed by atoms with Crippen molar-refractivity contribution in [2.45, 2.75) is 0 Å². The van der Waals surface area contributed by atoms with Gasteiger partial charge in [0.05, 0.1) is 24.8 Å². The number of carbonyl (C=O) groups is 1. The first-order valence-electron chi connectivity index (χ1n) is 5.60. The average molecular weight is 266 g/mol. The molecule has 18 heavy (non-hydrogen) atoms. The number of carbonyl (C=O) groups excluding carboxylic acids is 1. The lowest BCUT2D eigenvalue weighted by Crippen LogP contribution is -2.25. The van der Waals surface area contributed by atoms with Crippen LogP contribution in [0.3, 0.4) is 0 Å². The molecule has 96 valence electrons. The molecule has 2 N–H and O–H groups in total. The van der Waals surface area contributed by atoms with Gasteiger partial charge in [-0.3, -0.25) is 4.79 Å². The standard InChI is InChI=1S/C13H16NO3S/c14-9-11-1-3-12(4-2-11)13(17)10-18(7-5-15)8-6-16/h1-4,15-16H,5-8,10H2/q+1. The highest BCUT2D eigenvalue weighted by molar-refractivity contribution is 7.97. The van der Waals surface area contributed by atoms with Gasteiger partial charge in [-0.25, -0.2) is 0 Å². The topological polar surface area (TPSA) is 81.3 Å². The Hall–Kier alpha value is -1.35. The quantitative estimate of drug-likeness (QED) is 0.551. The third-order valence-electron chi connectivity index (χ3n) is 2.43. The van der Waals surface area contributed by atoms with Crippen LogP contribution in [0.1, 0.15) is 15.9 Å². The Morgan fingerprint density at radius 1 is 1.17 bits per heavy atom. The van der Waals surface area contributed by atoms with Gasteiger partial charge in [0.15, 0.2) is 5.75 Å². The van der Waals surface area contributed by atoms with Crippen molar-refractivity contribution >= 4 is 16.7 Å². The molecule has 0 aromatic heterocycles. The van der Waals surface area contributed by atoms with Crippen molar-refractivity contribution in [2.75, 3.05) is 30.5 Å². The lowest BCUT2D eigenvalue weighted by Gasteiger charge is -2.05. The maximum absolute atomic E-state index is 12.0. The maximum atomic E-state index is 12.0. The number of nitriles is 1. The minimum absolute atomic E-state index is 0.00952. The minimum Gasteiger partial charge on any atom is -0.391 e. The predicted octanol–water partition coefficient (Wildman–Crippen LogP) is 0.344. The Balaban J connectivity index is 2.65. The Kier molecular flexibility index (Phi) is 6.44. The van der Waals surface area contributed by atoms with E-state index in [1.54, 1.807) is 24.3 Å². The molecule has 0 atom stereocenters. The van der Waals surface area contributed by atoms with Crippen LogP contribution < -0.4 is 0 Å². The van der Waals surface area contributed by atoms with Gasteiger partial charge < -0.3 is 10.2 Å². The summed E-state index contributed by atoms with van der Waals surface area (Å²) in [6, 6.07) is 8.51. The van der Waals surface area contributed by atoms with Crippen molar-refractivity contribution in [1.29, 1.82) is 5.26 Å². The fourth-order valence-electron chi connectivity index (χ4n) is 1.50. The Labute approximate surface area is 109 Å². The second-order valence-electron chi connectivity index (χ2n) is 3.72. The second kappa shape index (κ2) is 7.88. The Bertz CT molecular complexity index is 419. The van der Waals surface area contributed by atoms with Crippen molar-refractivity contribution in [1.82, 2.24) is 0 Å². The van der Waals surface area contributed by atoms with Crippen LogP contribution in [0.5, 0.6) is 0 Å². The number of ketones is 1. The molecule has 0 aliphatic carbocycles. The summed E-state index contributed by atoms with van der Waals surface area (Å²) in [6.07, 6.45) is 0. The predicted molar refractivity (Wildman–Crippen MR) is 71.6 cm³/mol. The molecule has 0 fully saturated rings. The molecule has 0 unspecified atom stereocenters. The van der Waals surface area contributed by atoms with Gasteiger partial charge in [-0.2, -0.15) is 5.26 Å². The zero-order valence-electron chi connectivity index (χ0n) is 10.0. The highest BCUT2D eigenvalue weighted by atomic mass is 32.2. The van der Waals surface area contributed by atoms with Crippen molar-refractivity contribution in [3.05, 3.63) is 35.4 Å². The van der Waals surface area contributed by atoms with Gasteiger partial charge in [-0.05, 0) is 24.3 Å². The van der Waals surface area contributed by atoms with Crippen LogP contribution in [0, 0.1) is 11.3 Å². The average Bonchev–Trinajstić information content (AvgIpc) is 2.39. The molecule has 1 aromatic rings. The van der Waals surface area contributed by atoms with Crippen LogP contribution in [-0.4, -0.2) is 46.5 Å². The fourth-order valence-corrected chi connectivity index (χ4v) is 3.05. The van der Waals surface area contributed by atoms with Crippen LogP contribution in [0.4, 0.5) is 0 Å². The molecule has 0 saturated heterocycles. The molecule has 0 aliphatic rings. The summed E-state index contributed by atoms with van der Waals surface area (Å²) in [6.45, 7) is 0.0630. The summed E-state index contributed by atoms with van der Waals surface area (Å²) in [5.74, 6) is 1.42. The van der Waals surface area contributed by atoms with Gasteiger partial charge in [0.25, 0.3) is 0 Å². The van der Waals surface area contributed by atoms with E-state index in [9.17, 15) is 4.79 Å². The SMILES string of the molecule is N#Cc1ccc(C(=O)C[S+](CCO)CCO)cc1. The molecule has 0 spiro atoms. The Morgan fingerprint density at radius 2 is 1.72 bits per heavy atom. The third-order valence-corrected chi connectivity index (χ3v) is 4.62. The molecular formula is C13H16NO3S+. The maximum Gasteiger partial charge on any atom is 0.211 e. The van der Waals surface area contributed by atoms with Gasteiger partial charge in [0.1, 0.15) is 11.5 Å². The lowest BCUT2D eigenvalue weighted by atomic mass is 10.1. The summed E-state index contributed by atoms with van der Waals surface area (Å²) >= 11 is 0. The molecule has 0 saturated carbocycles. The Morgan fingerprint density at radius 3 is 2.17 bits per heavy atom. The first-order chi connectivity index (χ1) is 8.71. The number of nitrogens with zero attached hydrogens (tertiary/aromatic N) is 1. The number of hydrogen-bond acceptors (Lipinski definition) is 4. The molecule has 0 aliphatic heterocycles. The highest BCUT2D eigenvalue weighted by Gasteiger charge is 2.22. The van der Waals surface area contributed by atoms with E-state index in [4.69, 9.17) is 15.5 Å². The van der Waals surface area contributed by atoms with Gasteiger partial charge in [-0.15, -0.1) is 0 Å². The van der Waals surface area contributed by atoms with E-state index in [-0.39, 0.29) is 29.9 Å². The molecule has 4 nitrogen and oxygen atoms in total. The lowest BCUT2D eigenvalue weighted by molar-refractivity contribution is 0.102. The largest absolute Gasteiger partial charge is 0.391 e. The van der Waals surface area contributed by atoms with E-state index >= 15 is 0 Å². The summed E-state index contributed by atoms with van der Waals surface area (Å²) in [4.78, 5) is 12.0. The van der Waals surface area contributed by atoms with Gasteiger partial charge in [0, 0.05) is 16.5 Å². The first kappa shape index (κ1) is 14.7. The number of benzene rings is 1. The molecule has 0 amide bonds. The molecule has 1 rings (SSSR count). The number of Topliss-reactive ketones (excluding diaryl/α,β-unsaturated/α-hetero) is 1. The third kappa shape index (κ3) is 4.49. The van der Waals surface area contributed by atoms with Crippen LogP contribution in [-0.2, 0) is 10.9 Å². The second-order valence-corrected chi connectivity index (χ2v) is 6.05. The number of rotatable bonds is 7. The van der Waals surface area contributed by atoms with Crippen LogP contribution in [0.25, 0.3) is 0 Å². The number of aliphatic hydroxyl groups excluding tert-OH is 2. The molecule has 0 radical (unpaired) electrons. The van der Waals surface area contributed by atoms with Gasteiger partial charge in [-0.1, -0.05) is 0 Å². The highest BCUT2D eigenvalue weighted by Crippen LogP contribution is 2.07. The smallest absolute Gasteiger partial charge is 0.211 e.